The van der Waals surface area contributed by atoms with E-state index in [2.05, 4.69) is 86.4 Å². The van der Waals surface area contributed by atoms with E-state index in [0.717, 1.165) is 36.8 Å². The van der Waals surface area contributed by atoms with Gasteiger partial charge in [0, 0.05) is 38.9 Å². The van der Waals surface area contributed by atoms with Gasteiger partial charge in [-0.15, -0.1) is 24.0 Å². The van der Waals surface area contributed by atoms with Crippen LogP contribution in [0.25, 0.3) is 11.0 Å². The summed E-state index contributed by atoms with van der Waals surface area (Å²) >= 11 is 0. The molecule has 6 nitrogen and oxygen atoms in total. The minimum atomic E-state index is 0. The van der Waals surface area contributed by atoms with Crippen LogP contribution in [0.2, 0.25) is 0 Å². The van der Waals surface area contributed by atoms with E-state index in [-0.39, 0.29) is 30.0 Å². The first-order valence-corrected chi connectivity index (χ1v) is 11.4. The van der Waals surface area contributed by atoms with Gasteiger partial charge in [0.05, 0.1) is 17.1 Å². The normalized spacial score (nSPS) is 15.0. The van der Waals surface area contributed by atoms with Crippen LogP contribution < -0.4 is 15.5 Å². The Kier molecular flexibility index (Phi) is 8.78. The molecule has 2 aromatic carbocycles. The summed E-state index contributed by atoms with van der Waals surface area (Å²) in [6.07, 6.45) is 3.59. The molecular formula is C25H35IN6. The smallest absolute Gasteiger partial charge is 0.191 e. The second-order valence-corrected chi connectivity index (χ2v) is 8.31. The predicted octanol–water partition coefficient (Wildman–Crippen LogP) is 4.88. The number of guanidine groups is 1. The lowest BCUT2D eigenvalue weighted by molar-refractivity contribution is 0.615. The van der Waals surface area contributed by atoms with Crippen LogP contribution in [0.5, 0.6) is 0 Å². The number of hydrogen-bond donors (Lipinski definition) is 2. The lowest BCUT2D eigenvalue weighted by atomic mass is 10.1. The zero-order valence-corrected chi connectivity index (χ0v) is 21.7. The van der Waals surface area contributed by atoms with Crippen molar-refractivity contribution in [2.24, 2.45) is 4.99 Å². The molecule has 1 atom stereocenters. The number of imidazole rings is 1. The molecule has 4 rings (SSSR count). The van der Waals surface area contributed by atoms with Gasteiger partial charge in [0.1, 0.15) is 5.82 Å². The molecule has 0 amide bonds. The molecule has 1 fully saturated rings. The van der Waals surface area contributed by atoms with Gasteiger partial charge in [-0.2, -0.15) is 0 Å². The number of aromatic nitrogens is 2. The summed E-state index contributed by atoms with van der Waals surface area (Å²) < 4.78 is 2.29. The van der Waals surface area contributed by atoms with Crippen molar-refractivity contribution in [2.45, 2.75) is 45.7 Å². The molecule has 172 valence electrons. The van der Waals surface area contributed by atoms with Gasteiger partial charge in [0.15, 0.2) is 5.96 Å². The number of rotatable bonds is 7. The van der Waals surface area contributed by atoms with E-state index in [0.29, 0.717) is 0 Å². The summed E-state index contributed by atoms with van der Waals surface area (Å²) in [5, 5.41) is 7.00. The Hall–Kier alpha value is -2.29. The zero-order valence-electron chi connectivity index (χ0n) is 19.3. The molecule has 7 heteroatoms. The zero-order chi connectivity index (χ0) is 21.6. The number of aliphatic imine (C=N–C) groups is 1. The maximum atomic E-state index is 4.65. The molecule has 0 spiro atoms. The Labute approximate surface area is 208 Å². The Morgan fingerprint density at radius 3 is 2.69 bits per heavy atom. The first-order chi connectivity index (χ1) is 15.2. The highest BCUT2D eigenvalue weighted by atomic mass is 127. The number of halogens is 1. The van der Waals surface area contributed by atoms with Crippen LogP contribution in [-0.4, -0.2) is 42.2 Å². The third-order valence-corrected chi connectivity index (χ3v) is 6.11. The van der Waals surface area contributed by atoms with E-state index < -0.39 is 0 Å². The Morgan fingerprint density at radius 2 is 1.91 bits per heavy atom. The molecule has 1 aliphatic heterocycles. The van der Waals surface area contributed by atoms with Gasteiger partial charge in [0.2, 0.25) is 0 Å². The number of hydrogen-bond acceptors (Lipinski definition) is 3. The number of anilines is 1. The van der Waals surface area contributed by atoms with E-state index in [9.17, 15) is 0 Å². The average molecular weight is 547 g/mol. The lowest BCUT2D eigenvalue weighted by Gasteiger charge is -2.22. The third kappa shape index (κ3) is 5.74. The van der Waals surface area contributed by atoms with Gasteiger partial charge in [-0.25, -0.2) is 4.98 Å². The van der Waals surface area contributed by atoms with Crippen molar-refractivity contribution < 1.29 is 0 Å². The molecule has 2 N–H and O–H groups in total. The van der Waals surface area contributed by atoms with Crippen LogP contribution in [0.1, 0.15) is 43.6 Å². The highest BCUT2D eigenvalue weighted by molar-refractivity contribution is 14.0. The maximum Gasteiger partial charge on any atom is 0.191 e. The minimum Gasteiger partial charge on any atom is -0.372 e. The fraction of sp³-hybridized carbons (Fsp3) is 0.440. The molecule has 0 bridgehead atoms. The minimum absolute atomic E-state index is 0. The summed E-state index contributed by atoms with van der Waals surface area (Å²) in [5.74, 6) is 1.90. The number of fused-ring (bicyclic) bond motifs is 1. The van der Waals surface area contributed by atoms with Gasteiger partial charge >= 0.3 is 0 Å². The summed E-state index contributed by atoms with van der Waals surface area (Å²) in [5.41, 5.74) is 4.88. The van der Waals surface area contributed by atoms with Gasteiger partial charge in [0.25, 0.3) is 0 Å². The number of para-hydroxylation sites is 2. The van der Waals surface area contributed by atoms with Crippen molar-refractivity contribution in [3.63, 3.8) is 0 Å². The number of aryl methyl sites for hydroxylation is 2. The van der Waals surface area contributed by atoms with E-state index in [1.54, 1.807) is 0 Å². The Balaban J connectivity index is 0.00000289. The van der Waals surface area contributed by atoms with Crippen molar-refractivity contribution in [3.05, 3.63) is 59.9 Å². The SMILES string of the molecule is CN=C(NCCCn1c(C)nc2ccccc21)NC(C)c1cccc(N2CCCC2)c1.I. The van der Waals surface area contributed by atoms with E-state index >= 15 is 0 Å². The van der Waals surface area contributed by atoms with E-state index in [1.165, 1.54) is 42.7 Å². The monoisotopic (exact) mass is 546 g/mol. The summed E-state index contributed by atoms with van der Waals surface area (Å²) in [7, 11) is 1.83. The molecule has 0 aliphatic carbocycles. The number of benzene rings is 2. The topological polar surface area (TPSA) is 57.5 Å². The van der Waals surface area contributed by atoms with E-state index in [4.69, 9.17) is 0 Å². The van der Waals surface area contributed by atoms with Crippen molar-refractivity contribution in [1.29, 1.82) is 0 Å². The lowest BCUT2D eigenvalue weighted by Crippen LogP contribution is -2.39. The van der Waals surface area contributed by atoms with Gasteiger partial charge < -0.3 is 20.1 Å². The molecule has 32 heavy (non-hydrogen) atoms. The average Bonchev–Trinajstić information content (AvgIpc) is 3.44. The van der Waals surface area contributed by atoms with Gasteiger partial charge in [-0.3, -0.25) is 4.99 Å². The van der Waals surface area contributed by atoms with Gasteiger partial charge in [-0.1, -0.05) is 24.3 Å². The Morgan fingerprint density at radius 1 is 1.12 bits per heavy atom. The van der Waals surface area contributed by atoms with Crippen LogP contribution in [0.15, 0.2) is 53.5 Å². The second-order valence-electron chi connectivity index (χ2n) is 8.31. The van der Waals surface area contributed by atoms with Crippen molar-refractivity contribution in [2.75, 3.05) is 31.6 Å². The van der Waals surface area contributed by atoms with Crippen molar-refractivity contribution in [3.8, 4) is 0 Å². The quantitative estimate of drug-likeness (QED) is 0.192. The fourth-order valence-electron chi connectivity index (χ4n) is 4.37. The number of nitrogens with one attached hydrogen (secondary N) is 2. The predicted molar refractivity (Wildman–Crippen MR) is 145 cm³/mol. The van der Waals surface area contributed by atoms with Crippen LogP contribution in [-0.2, 0) is 6.54 Å². The van der Waals surface area contributed by atoms with Crippen LogP contribution in [0.4, 0.5) is 5.69 Å². The van der Waals surface area contributed by atoms with Crippen molar-refractivity contribution >= 4 is 46.7 Å². The van der Waals surface area contributed by atoms with Crippen LogP contribution in [0.3, 0.4) is 0 Å². The molecule has 1 aromatic heterocycles. The summed E-state index contributed by atoms with van der Waals surface area (Å²) in [6.45, 7) is 8.39. The van der Waals surface area contributed by atoms with Gasteiger partial charge in [-0.05, 0) is 62.9 Å². The number of nitrogens with zero attached hydrogens (tertiary/aromatic N) is 4. The molecule has 1 aliphatic rings. The molecule has 2 heterocycles. The van der Waals surface area contributed by atoms with Crippen LogP contribution >= 0.6 is 24.0 Å². The van der Waals surface area contributed by atoms with Crippen molar-refractivity contribution in [1.82, 2.24) is 20.2 Å². The molecule has 1 saturated heterocycles. The standard InChI is InChI=1S/C25H34N6.HI/c1-19(21-10-8-11-22(18-21)30-15-6-7-16-30)28-25(26-3)27-14-9-17-31-20(2)29-23-12-4-5-13-24(23)31;/h4-5,8,10-13,18-19H,6-7,9,14-17H2,1-3H3,(H2,26,27,28);1H. The van der Waals surface area contributed by atoms with E-state index in [1.807, 2.05) is 13.1 Å². The van der Waals surface area contributed by atoms with Crippen LogP contribution in [0, 0.1) is 6.92 Å². The highest BCUT2D eigenvalue weighted by Crippen LogP contribution is 2.24. The molecule has 1 unspecified atom stereocenters. The Bertz CT molecular complexity index is 1040. The summed E-state index contributed by atoms with van der Waals surface area (Å²) in [6, 6.07) is 17.4. The molecular weight excluding hydrogens is 511 g/mol. The fourth-order valence-corrected chi connectivity index (χ4v) is 4.37. The first kappa shape index (κ1) is 24.4. The first-order valence-electron chi connectivity index (χ1n) is 11.4. The highest BCUT2D eigenvalue weighted by Gasteiger charge is 2.14. The largest absolute Gasteiger partial charge is 0.372 e. The summed E-state index contributed by atoms with van der Waals surface area (Å²) in [4.78, 5) is 11.6. The molecule has 3 aromatic rings. The molecule has 0 radical (unpaired) electrons. The maximum absolute atomic E-state index is 4.65. The second kappa shape index (κ2) is 11.5. The molecule has 0 saturated carbocycles. The third-order valence-electron chi connectivity index (χ3n) is 6.11.